The molecule has 0 atom stereocenters. The summed E-state index contributed by atoms with van der Waals surface area (Å²) in [6, 6.07) is 10.9. The third-order valence-electron chi connectivity index (χ3n) is 4.81. The van der Waals surface area contributed by atoms with Gasteiger partial charge < -0.3 is 19.9 Å². The van der Waals surface area contributed by atoms with Crippen LogP contribution in [0.15, 0.2) is 59.8 Å². The lowest BCUT2D eigenvalue weighted by Crippen LogP contribution is -2.34. The van der Waals surface area contributed by atoms with Crippen molar-refractivity contribution in [2.45, 2.75) is 0 Å². The molecule has 3 N–H and O–H groups in total. The SMILES string of the molecule is COc1ccc(-n2c(=O)c(C(=O)N(C)c3c[nH]cn3)c(O)c3cc(O)ccc32)cc1. The maximum atomic E-state index is 13.4. The molecule has 0 unspecified atom stereocenters. The summed E-state index contributed by atoms with van der Waals surface area (Å²) in [4.78, 5) is 34.4. The van der Waals surface area contributed by atoms with E-state index in [0.29, 0.717) is 17.0 Å². The smallest absolute Gasteiger partial charge is 0.272 e. The van der Waals surface area contributed by atoms with Gasteiger partial charge in [-0.2, -0.15) is 0 Å². The van der Waals surface area contributed by atoms with Gasteiger partial charge in [0, 0.05) is 24.3 Å². The van der Waals surface area contributed by atoms with Crippen LogP contribution in [-0.2, 0) is 0 Å². The Hall–Kier alpha value is -4.27. The molecule has 1 amide bonds. The number of imidazole rings is 1. The van der Waals surface area contributed by atoms with E-state index in [9.17, 15) is 19.8 Å². The number of benzene rings is 2. The van der Waals surface area contributed by atoms with Crippen molar-refractivity contribution in [1.29, 1.82) is 0 Å². The van der Waals surface area contributed by atoms with Crippen LogP contribution < -0.4 is 15.2 Å². The number of fused-ring (bicyclic) bond motifs is 1. The average molecular weight is 406 g/mol. The quantitative estimate of drug-likeness (QED) is 0.479. The van der Waals surface area contributed by atoms with E-state index in [-0.39, 0.29) is 17.0 Å². The summed E-state index contributed by atoms with van der Waals surface area (Å²) < 4.78 is 6.47. The number of aromatic hydroxyl groups is 2. The van der Waals surface area contributed by atoms with Gasteiger partial charge in [-0.3, -0.25) is 19.1 Å². The molecule has 0 saturated heterocycles. The van der Waals surface area contributed by atoms with E-state index in [2.05, 4.69) is 9.97 Å². The number of H-pyrrole nitrogens is 1. The first-order valence-corrected chi connectivity index (χ1v) is 8.94. The maximum Gasteiger partial charge on any atom is 0.272 e. The molecule has 0 radical (unpaired) electrons. The van der Waals surface area contributed by atoms with Crippen LogP contribution in [-0.4, -0.2) is 44.8 Å². The molecule has 0 aliphatic rings. The van der Waals surface area contributed by atoms with Gasteiger partial charge in [0.25, 0.3) is 11.5 Å². The molecule has 0 spiro atoms. The van der Waals surface area contributed by atoms with Gasteiger partial charge in [0.1, 0.15) is 22.8 Å². The van der Waals surface area contributed by atoms with Gasteiger partial charge in [0.05, 0.1) is 19.0 Å². The molecular weight excluding hydrogens is 388 g/mol. The summed E-state index contributed by atoms with van der Waals surface area (Å²) in [5, 5.41) is 20.9. The Kier molecular flexibility index (Phi) is 4.63. The monoisotopic (exact) mass is 406 g/mol. The number of phenolic OH excluding ortho intramolecular Hbond substituents is 1. The highest BCUT2D eigenvalue weighted by molar-refractivity contribution is 6.10. The fourth-order valence-electron chi connectivity index (χ4n) is 3.25. The Bertz CT molecular complexity index is 1290. The van der Waals surface area contributed by atoms with Crippen molar-refractivity contribution in [2.24, 2.45) is 0 Å². The standard InChI is InChI=1S/C21H18N4O5/c1-24(17-10-22-11-23-17)20(28)18-19(27)15-9-13(26)5-8-16(15)25(21(18)29)12-3-6-14(30-2)7-4-12/h3-11,26-27H,1-2H3,(H,22,23). The van der Waals surface area contributed by atoms with E-state index in [0.717, 1.165) is 4.90 Å². The highest BCUT2D eigenvalue weighted by atomic mass is 16.5. The largest absolute Gasteiger partial charge is 0.508 e. The Balaban J connectivity index is 2.01. The van der Waals surface area contributed by atoms with E-state index in [1.807, 2.05) is 0 Å². The van der Waals surface area contributed by atoms with Crippen LogP contribution >= 0.6 is 0 Å². The Labute approximate surface area is 170 Å². The number of nitrogens with zero attached hydrogens (tertiary/aromatic N) is 3. The molecule has 9 heteroatoms. The fraction of sp³-hybridized carbons (Fsp3) is 0.0952. The van der Waals surface area contributed by atoms with Gasteiger partial charge >= 0.3 is 0 Å². The molecule has 0 aliphatic carbocycles. The fourth-order valence-corrected chi connectivity index (χ4v) is 3.25. The number of carbonyl (C=O) groups is 1. The van der Waals surface area contributed by atoms with Gasteiger partial charge in [-0.25, -0.2) is 4.98 Å². The molecule has 2 heterocycles. The van der Waals surface area contributed by atoms with E-state index in [1.54, 1.807) is 24.3 Å². The van der Waals surface area contributed by atoms with Gasteiger partial charge in [-0.05, 0) is 42.5 Å². The second kappa shape index (κ2) is 7.28. The van der Waals surface area contributed by atoms with Crippen LogP contribution in [0.25, 0.3) is 16.6 Å². The first-order valence-electron chi connectivity index (χ1n) is 8.94. The molecule has 2 aromatic carbocycles. The van der Waals surface area contributed by atoms with E-state index >= 15 is 0 Å². The number of amides is 1. The Morgan fingerprint density at radius 1 is 1.17 bits per heavy atom. The lowest BCUT2D eigenvalue weighted by Gasteiger charge is -2.18. The minimum atomic E-state index is -0.739. The molecular formula is C21H18N4O5. The average Bonchev–Trinajstić information content (AvgIpc) is 3.29. The first-order chi connectivity index (χ1) is 14.4. The van der Waals surface area contributed by atoms with Gasteiger partial charge in [0.15, 0.2) is 5.82 Å². The minimum absolute atomic E-state index is 0.114. The van der Waals surface area contributed by atoms with Crippen molar-refractivity contribution in [2.75, 3.05) is 19.1 Å². The number of methoxy groups -OCH3 is 1. The summed E-state index contributed by atoms with van der Waals surface area (Å²) >= 11 is 0. The lowest BCUT2D eigenvalue weighted by atomic mass is 10.1. The normalized spacial score (nSPS) is 10.9. The summed E-state index contributed by atoms with van der Waals surface area (Å²) in [6.45, 7) is 0. The van der Waals surface area contributed by atoms with Crippen molar-refractivity contribution in [1.82, 2.24) is 14.5 Å². The predicted octanol–water partition coefficient (Wildman–Crippen LogP) is 2.41. The zero-order valence-corrected chi connectivity index (χ0v) is 16.2. The third-order valence-corrected chi connectivity index (χ3v) is 4.81. The van der Waals surface area contributed by atoms with Gasteiger partial charge in [-0.1, -0.05) is 0 Å². The second-order valence-electron chi connectivity index (χ2n) is 6.56. The van der Waals surface area contributed by atoms with Crippen LogP contribution in [0.2, 0.25) is 0 Å². The number of pyridine rings is 1. The van der Waals surface area contributed by atoms with Gasteiger partial charge in [-0.15, -0.1) is 0 Å². The van der Waals surface area contributed by atoms with E-state index in [4.69, 9.17) is 4.74 Å². The Morgan fingerprint density at radius 2 is 1.90 bits per heavy atom. The molecule has 0 fully saturated rings. The maximum absolute atomic E-state index is 13.4. The minimum Gasteiger partial charge on any atom is -0.508 e. The summed E-state index contributed by atoms with van der Waals surface area (Å²) in [5.41, 5.74) is -0.343. The van der Waals surface area contributed by atoms with Crippen molar-refractivity contribution >= 4 is 22.6 Å². The van der Waals surface area contributed by atoms with Gasteiger partial charge in [0.2, 0.25) is 0 Å². The first kappa shape index (κ1) is 19.1. The number of rotatable bonds is 4. The molecule has 0 aliphatic heterocycles. The van der Waals surface area contributed by atoms with Crippen molar-refractivity contribution in [3.05, 3.63) is 70.9 Å². The predicted molar refractivity (Wildman–Crippen MR) is 111 cm³/mol. The zero-order chi connectivity index (χ0) is 21.4. The number of ether oxygens (including phenoxy) is 1. The molecule has 2 aromatic heterocycles. The summed E-state index contributed by atoms with van der Waals surface area (Å²) in [5.74, 6) is -0.482. The number of aromatic nitrogens is 3. The highest BCUT2D eigenvalue weighted by Crippen LogP contribution is 2.32. The molecule has 0 bridgehead atoms. The molecule has 30 heavy (non-hydrogen) atoms. The van der Waals surface area contributed by atoms with Crippen molar-refractivity contribution < 1.29 is 19.7 Å². The third kappa shape index (κ3) is 3.02. The molecule has 4 rings (SSSR count). The number of nitrogens with one attached hydrogen (secondary N) is 1. The van der Waals surface area contributed by atoms with Crippen LogP contribution in [0.1, 0.15) is 10.4 Å². The number of phenols is 1. The van der Waals surface area contributed by atoms with Crippen molar-refractivity contribution in [3.63, 3.8) is 0 Å². The molecule has 0 saturated carbocycles. The lowest BCUT2D eigenvalue weighted by molar-refractivity contribution is 0.0988. The molecule has 4 aromatic rings. The number of carbonyl (C=O) groups excluding carboxylic acids is 1. The van der Waals surface area contributed by atoms with E-state index < -0.39 is 22.8 Å². The molecule has 9 nitrogen and oxygen atoms in total. The number of aromatic amines is 1. The zero-order valence-electron chi connectivity index (χ0n) is 16.2. The van der Waals surface area contributed by atoms with Crippen molar-refractivity contribution in [3.8, 4) is 22.9 Å². The number of anilines is 1. The van der Waals surface area contributed by atoms with E-state index in [1.165, 1.54) is 49.4 Å². The van der Waals surface area contributed by atoms with Crippen LogP contribution in [0.4, 0.5) is 5.82 Å². The summed E-state index contributed by atoms with van der Waals surface area (Å²) in [6.07, 6.45) is 2.89. The topological polar surface area (TPSA) is 121 Å². The number of hydrogen-bond donors (Lipinski definition) is 3. The van der Waals surface area contributed by atoms with Crippen LogP contribution in [0, 0.1) is 0 Å². The Morgan fingerprint density at radius 3 is 2.53 bits per heavy atom. The highest BCUT2D eigenvalue weighted by Gasteiger charge is 2.27. The number of hydrogen-bond acceptors (Lipinski definition) is 6. The molecule has 152 valence electrons. The van der Waals surface area contributed by atoms with Crippen LogP contribution in [0.3, 0.4) is 0 Å². The summed E-state index contributed by atoms with van der Waals surface area (Å²) in [7, 11) is 2.98. The van der Waals surface area contributed by atoms with Crippen LogP contribution in [0.5, 0.6) is 17.2 Å². The second-order valence-corrected chi connectivity index (χ2v) is 6.56.